The van der Waals surface area contributed by atoms with Gasteiger partial charge in [0.1, 0.15) is 47.7 Å². The van der Waals surface area contributed by atoms with Crippen LogP contribution in [0.25, 0.3) is 0 Å². The predicted molar refractivity (Wildman–Crippen MR) is 270 cm³/mol. The number of aryl methyl sites for hydroxylation is 2. The highest BCUT2D eigenvalue weighted by Gasteiger charge is 2.47. The van der Waals surface area contributed by atoms with Crippen molar-refractivity contribution in [2.75, 3.05) is 13.2 Å². The Morgan fingerprint density at radius 3 is 2.10 bits per heavy atom. The van der Waals surface area contributed by atoms with Gasteiger partial charge in [-0.2, -0.15) is 0 Å². The number of hydrogen-bond acceptors (Lipinski definition) is 13. The fraction of sp³-hybridized carbons (Fsp3) is 0.556. The summed E-state index contributed by atoms with van der Waals surface area (Å²) in [7, 11) is 0. The number of unbranched alkanes of at least 4 members (excludes halogenated alkanes) is 6. The van der Waals surface area contributed by atoms with Crippen molar-refractivity contribution in [1.29, 1.82) is 0 Å². The Labute approximate surface area is 427 Å². The second kappa shape index (κ2) is 27.4. The van der Waals surface area contributed by atoms with Crippen molar-refractivity contribution in [3.05, 3.63) is 100 Å². The zero-order valence-corrected chi connectivity index (χ0v) is 42.7. The molecule has 19 nitrogen and oxygen atoms in total. The molecule has 2 heterocycles. The Bertz CT molecular complexity index is 2330. The van der Waals surface area contributed by atoms with Crippen molar-refractivity contribution >= 4 is 35.5 Å². The van der Waals surface area contributed by atoms with E-state index >= 15 is 0 Å². The van der Waals surface area contributed by atoms with Gasteiger partial charge in [-0.25, -0.2) is 4.79 Å². The molecule has 1 saturated heterocycles. The lowest BCUT2D eigenvalue weighted by atomic mass is 9.91. The number of nitrogens with one attached hydrogen (secondary N) is 4. The molecule has 5 rings (SSSR count). The number of carboxylic acids is 1. The summed E-state index contributed by atoms with van der Waals surface area (Å²) in [4.78, 5) is 84.1. The quantitative estimate of drug-likeness (QED) is 0.0518. The first-order chi connectivity index (χ1) is 34.7. The van der Waals surface area contributed by atoms with Gasteiger partial charge in [-0.05, 0) is 105 Å². The number of phenols is 1. The van der Waals surface area contributed by atoms with Crippen LogP contribution in [0.15, 0.2) is 66.7 Å². The van der Waals surface area contributed by atoms with Crippen LogP contribution in [0.3, 0.4) is 0 Å². The first-order valence-corrected chi connectivity index (χ1v) is 25.4. The number of nitrogens with zero attached hydrogens (tertiary/aromatic N) is 1. The second-order valence-corrected chi connectivity index (χ2v) is 19.9. The number of carbonyl (C=O) groups excluding carboxylic acids is 5. The van der Waals surface area contributed by atoms with Crippen LogP contribution >= 0.6 is 0 Å². The molecule has 5 amide bonds. The Balaban J connectivity index is 1.29. The van der Waals surface area contributed by atoms with E-state index in [0.717, 1.165) is 59.9 Å². The highest BCUT2D eigenvalue weighted by molar-refractivity contribution is 5.96. The number of nitrogens with two attached hydrogens (primary N) is 1. The third-order valence-electron chi connectivity index (χ3n) is 13.6. The smallest absolute Gasteiger partial charge is 0.328 e. The molecule has 0 aromatic heterocycles. The number of carbonyl (C=O) groups is 6. The molecule has 0 aliphatic carbocycles. The van der Waals surface area contributed by atoms with Gasteiger partial charge < -0.3 is 66.9 Å². The lowest BCUT2D eigenvalue weighted by Crippen LogP contribution is -2.62. The molecule has 73 heavy (non-hydrogen) atoms. The van der Waals surface area contributed by atoms with Gasteiger partial charge in [0.25, 0.3) is 5.91 Å². The molecule has 3 aromatic carbocycles. The lowest BCUT2D eigenvalue weighted by molar-refractivity contribution is -0.290. The van der Waals surface area contributed by atoms with E-state index in [1.54, 1.807) is 42.5 Å². The number of fused-ring (bicyclic) bond motifs is 1. The van der Waals surface area contributed by atoms with Gasteiger partial charge in [-0.15, -0.1) is 0 Å². The Morgan fingerprint density at radius 2 is 1.42 bits per heavy atom. The number of carboxylic acid groups (broad SMARTS) is 1. The minimum atomic E-state index is -1.76. The second-order valence-electron chi connectivity index (χ2n) is 19.9. The third-order valence-corrected chi connectivity index (χ3v) is 13.6. The number of hydrogen-bond donors (Lipinski definition) is 10. The van der Waals surface area contributed by atoms with Crippen LogP contribution in [0.5, 0.6) is 5.75 Å². The molecule has 0 saturated carbocycles. The van der Waals surface area contributed by atoms with Gasteiger partial charge in [-0.3, -0.25) is 24.0 Å². The molecule has 0 spiro atoms. The van der Waals surface area contributed by atoms with Crippen LogP contribution in [-0.2, 0) is 64.0 Å². The van der Waals surface area contributed by atoms with Crippen molar-refractivity contribution in [3.63, 3.8) is 0 Å². The van der Waals surface area contributed by atoms with E-state index in [1.807, 2.05) is 38.1 Å². The molecule has 19 heteroatoms. The molecule has 2 aliphatic heterocycles. The van der Waals surface area contributed by atoms with Crippen LogP contribution in [-0.4, -0.2) is 140 Å². The zero-order valence-electron chi connectivity index (χ0n) is 42.7. The number of rotatable bonds is 26. The van der Waals surface area contributed by atoms with Gasteiger partial charge in [0, 0.05) is 32.5 Å². The molecule has 11 N–H and O–H groups in total. The topological polar surface area (TPSA) is 299 Å². The number of aliphatic carboxylic acids is 1. The summed E-state index contributed by atoms with van der Waals surface area (Å²) < 4.78 is 11.3. The third kappa shape index (κ3) is 16.3. The molecule has 2 aliphatic rings. The van der Waals surface area contributed by atoms with Crippen LogP contribution in [0.4, 0.5) is 0 Å². The van der Waals surface area contributed by atoms with Gasteiger partial charge in [0.2, 0.25) is 23.6 Å². The first-order valence-electron chi connectivity index (χ1n) is 25.4. The van der Waals surface area contributed by atoms with E-state index in [4.69, 9.17) is 15.2 Å². The van der Waals surface area contributed by atoms with E-state index < -0.39 is 95.9 Å². The standard InChI is InChI=1S/C54H76N6O13/c1-6-7-8-9-10-18-25-72-52-45(64)43(62)44(63)46(73-52)50(68)56-24-17-16-23-40(48(66)59-54(4,5)53(70)71)57-47(65)41(28-34-19-12-11-13-20-34)58-49(67)42-29-35-21-14-15-22-36(35)31-60(42)51(69)39(55)30-38-32(2)26-37(61)27-33(38)3/h11-15,19-22,26-27,39-46,52,61-64H,6-10,16-18,23-25,28-31,55H2,1-5H3,(H,56,68)(H,57,65)(H,58,67)(H,59,66)(H,70,71)/t39-,40+,41-,42-,43-,44-,45+,46-,52+/m0/s1. The Hall–Kier alpha value is -5.96. The molecule has 0 radical (unpaired) electrons. The largest absolute Gasteiger partial charge is 0.508 e. The SMILES string of the molecule is CCCCCCCCO[C@@H]1O[C@H](C(=O)NCCCC[C@@H](NC(=O)[C@H](Cc2ccccc2)NC(=O)[C@@H]2Cc3ccccc3CN2C(=O)[C@@H](N)Cc2c(C)cc(O)cc2C)C(=O)NC(C)(C)C(=O)O)[C@@H](O)[C@H](O)[C@H]1O. The summed E-state index contributed by atoms with van der Waals surface area (Å²) in [6, 6.07) is 14.7. The molecule has 1 fully saturated rings. The number of aromatic hydroxyl groups is 1. The van der Waals surface area contributed by atoms with Crippen LogP contribution in [0.2, 0.25) is 0 Å². The molecular weight excluding hydrogens is 941 g/mol. The van der Waals surface area contributed by atoms with Crippen molar-refractivity contribution in [2.45, 2.75) is 179 Å². The Morgan fingerprint density at radius 1 is 0.781 bits per heavy atom. The number of benzene rings is 3. The molecule has 3 aromatic rings. The maximum atomic E-state index is 14.6. The summed E-state index contributed by atoms with van der Waals surface area (Å²) in [5.41, 5.74) is 9.50. The van der Waals surface area contributed by atoms with Gasteiger partial charge in [-0.1, -0.05) is 93.6 Å². The summed E-state index contributed by atoms with van der Waals surface area (Å²) in [5.74, 6) is -4.73. The number of aliphatic hydroxyl groups excluding tert-OH is 3. The molecule has 0 unspecified atom stereocenters. The van der Waals surface area contributed by atoms with E-state index in [9.17, 15) is 54.3 Å². The number of phenolic OH excluding ortho intramolecular Hbond substituents is 1. The fourth-order valence-electron chi connectivity index (χ4n) is 9.19. The summed E-state index contributed by atoms with van der Waals surface area (Å²) >= 11 is 0. The van der Waals surface area contributed by atoms with Crippen molar-refractivity contribution in [3.8, 4) is 5.75 Å². The van der Waals surface area contributed by atoms with Crippen LogP contribution < -0.4 is 27.0 Å². The van der Waals surface area contributed by atoms with Crippen LogP contribution in [0, 0.1) is 13.8 Å². The molecule has 400 valence electrons. The zero-order chi connectivity index (χ0) is 53.4. The van der Waals surface area contributed by atoms with Gasteiger partial charge in [0.05, 0.1) is 6.04 Å². The summed E-state index contributed by atoms with van der Waals surface area (Å²) in [6.45, 7) is 8.61. The monoisotopic (exact) mass is 1020 g/mol. The fourth-order valence-corrected chi connectivity index (χ4v) is 9.19. The van der Waals surface area contributed by atoms with Crippen LogP contribution in [0.1, 0.15) is 112 Å². The van der Waals surface area contributed by atoms with Crippen molar-refractivity contribution in [2.24, 2.45) is 5.73 Å². The predicted octanol–water partition coefficient (Wildman–Crippen LogP) is 2.50. The van der Waals surface area contributed by atoms with E-state index in [0.29, 0.717) is 12.0 Å². The number of ether oxygens (including phenoxy) is 2. The first kappa shape index (κ1) is 57.9. The summed E-state index contributed by atoms with van der Waals surface area (Å²) in [6.07, 6.45) is -1.45. The minimum absolute atomic E-state index is 0.000484. The average molecular weight is 1020 g/mol. The Kier molecular flexibility index (Phi) is 21.7. The highest BCUT2D eigenvalue weighted by atomic mass is 16.7. The molecule has 0 bridgehead atoms. The molecular formula is C54H76N6O13. The molecule has 9 atom stereocenters. The van der Waals surface area contributed by atoms with E-state index in [-0.39, 0.29) is 64.0 Å². The van der Waals surface area contributed by atoms with E-state index in [2.05, 4.69) is 28.2 Å². The van der Waals surface area contributed by atoms with Crippen molar-refractivity contribution < 1.29 is 63.8 Å². The van der Waals surface area contributed by atoms with Gasteiger partial charge in [0.15, 0.2) is 12.4 Å². The maximum absolute atomic E-state index is 14.6. The van der Waals surface area contributed by atoms with Gasteiger partial charge >= 0.3 is 5.97 Å². The average Bonchev–Trinajstić information content (AvgIpc) is 3.35. The van der Waals surface area contributed by atoms with E-state index in [1.165, 1.54) is 18.7 Å². The number of amides is 5. The lowest BCUT2D eigenvalue weighted by Gasteiger charge is -2.39. The maximum Gasteiger partial charge on any atom is 0.328 e. The highest BCUT2D eigenvalue weighted by Crippen LogP contribution is 2.27. The van der Waals surface area contributed by atoms with Crippen molar-refractivity contribution in [1.82, 2.24) is 26.2 Å². The summed E-state index contributed by atoms with van der Waals surface area (Å²) in [5, 5.41) is 62.4. The minimum Gasteiger partial charge on any atom is -0.508 e. The number of aliphatic hydroxyl groups is 3. The normalized spacial score (nSPS) is 21.0.